The molecule has 0 bridgehead atoms. The number of halogens is 3. The van der Waals surface area contributed by atoms with Gasteiger partial charge in [0.15, 0.2) is 0 Å². The number of aliphatic carboxylic acids is 2. The molecule has 0 spiro atoms. The Morgan fingerprint density at radius 2 is 1.79 bits per heavy atom. The molecule has 19 heavy (non-hydrogen) atoms. The van der Waals surface area contributed by atoms with Gasteiger partial charge in [-0.2, -0.15) is 13.2 Å². The first-order valence-electron chi connectivity index (χ1n) is 5.00. The van der Waals surface area contributed by atoms with Crippen molar-refractivity contribution in [1.29, 1.82) is 0 Å². The number of rotatable bonds is 8. The quantitative estimate of drug-likeness (QED) is 0.579. The van der Waals surface area contributed by atoms with Gasteiger partial charge in [0.1, 0.15) is 19.3 Å². The van der Waals surface area contributed by atoms with E-state index >= 15 is 0 Å². The Bertz CT molecular complexity index is 343. The maximum Gasteiger partial charge on any atom is 0.411 e. The number of nitrogens with one attached hydrogen (secondary N) is 1. The maximum absolute atomic E-state index is 11.7. The Balaban J connectivity index is 4.10. The molecule has 0 aromatic rings. The van der Waals surface area contributed by atoms with Crippen molar-refractivity contribution in [3.8, 4) is 0 Å². The third-order valence-electron chi connectivity index (χ3n) is 1.78. The van der Waals surface area contributed by atoms with E-state index in [0.717, 1.165) is 0 Å². The van der Waals surface area contributed by atoms with E-state index in [1.807, 2.05) is 5.32 Å². The van der Waals surface area contributed by atoms with Gasteiger partial charge in [-0.25, -0.2) is 4.79 Å². The van der Waals surface area contributed by atoms with Crippen LogP contribution in [0.5, 0.6) is 0 Å². The van der Waals surface area contributed by atoms with Crippen LogP contribution in [0, 0.1) is 0 Å². The van der Waals surface area contributed by atoms with Crippen molar-refractivity contribution >= 4 is 17.8 Å². The van der Waals surface area contributed by atoms with E-state index in [9.17, 15) is 27.6 Å². The van der Waals surface area contributed by atoms with Crippen LogP contribution >= 0.6 is 0 Å². The van der Waals surface area contributed by atoms with Crippen molar-refractivity contribution in [1.82, 2.24) is 5.32 Å². The van der Waals surface area contributed by atoms with Gasteiger partial charge in [0.25, 0.3) is 0 Å². The summed E-state index contributed by atoms with van der Waals surface area (Å²) in [6, 6.07) is -1.49. The number of ether oxygens (including phenoxy) is 1. The van der Waals surface area contributed by atoms with Gasteiger partial charge in [-0.15, -0.1) is 0 Å². The number of carboxylic acids is 2. The molecule has 0 aliphatic carbocycles. The molecule has 0 aromatic heterocycles. The van der Waals surface area contributed by atoms with Gasteiger partial charge in [0, 0.05) is 6.42 Å². The largest absolute Gasteiger partial charge is 0.481 e. The fraction of sp³-hybridized carbons (Fsp3) is 0.667. The van der Waals surface area contributed by atoms with Crippen LogP contribution < -0.4 is 5.32 Å². The molecule has 1 amide bonds. The lowest BCUT2D eigenvalue weighted by Gasteiger charge is -2.14. The van der Waals surface area contributed by atoms with Crippen molar-refractivity contribution in [3.05, 3.63) is 0 Å². The third kappa shape index (κ3) is 9.83. The van der Waals surface area contributed by atoms with E-state index in [-0.39, 0.29) is 6.42 Å². The molecule has 0 fully saturated rings. The lowest BCUT2D eigenvalue weighted by atomic mass is 10.1. The molecule has 7 nitrogen and oxygen atoms in total. The first-order chi connectivity index (χ1) is 8.61. The van der Waals surface area contributed by atoms with Crippen LogP contribution in [-0.4, -0.2) is 53.5 Å². The van der Waals surface area contributed by atoms with Crippen LogP contribution in [0.1, 0.15) is 12.8 Å². The number of alkyl halides is 3. The SMILES string of the molecule is O=C(O)CC[C@H](NC(=O)COCC(F)(F)F)C(=O)O. The van der Waals surface area contributed by atoms with Crippen LogP contribution in [0.15, 0.2) is 0 Å². The van der Waals surface area contributed by atoms with Gasteiger partial charge in [0.05, 0.1) is 0 Å². The Morgan fingerprint density at radius 1 is 1.21 bits per heavy atom. The van der Waals surface area contributed by atoms with Gasteiger partial charge in [-0.3, -0.25) is 9.59 Å². The second-order valence-electron chi connectivity index (χ2n) is 3.50. The van der Waals surface area contributed by atoms with Gasteiger partial charge in [-0.05, 0) is 6.42 Å². The lowest BCUT2D eigenvalue weighted by Crippen LogP contribution is -2.43. The summed E-state index contributed by atoms with van der Waals surface area (Å²) < 4.78 is 39.1. The predicted molar refractivity (Wildman–Crippen MR) is 53.3 cm³/mol. The molecule has 1 atom stereocenters. The number of hydrogen-bond acceptors (Lipinski definition) is 4. The lowest BCUT2D eigenvalue weighted by molar-refractivity contribution is -0.176. The average Bonchev–Trinajstić information content (AvgIpc) is 2.21. The number of carbonyl (C=O) groups excluding carboxylic acids is 1. The van der Waals surface area contributed by atoms with E-state index in [0.29, 0.717) is 0 Å². The van der Waals surface area contributed by atoms with E-state index in [1.165, 1.54) is 0 Å². The molecular weight excluding hydrogens is 275 g/mol. The zero-order valence-corrected chi connectivity index (χ0v) is 9.57. The summed E-state index contributed by atoms with van der Waals surface area (Å²) in [6.45, 7) is -2.59. The summed E-state index contributed by atoms with van der Waals surface area (Å²) in [4.78, 5) is 32.0. The first kappa shape index (κ1) is 17.2. The molecule has 0 heterocycles. The average molecular weight is 287 g/mol. The van der Waals surface area contributed by atoms with Crippen molar-refractivity contribution in [3.63, 3.8) is 0 Å². The minimum absolute atomic E-state index is 0.379. The molecule has 0 aliphatic heterocycles. The van der Waals surface area contributed by atoms with Crippen molar-refractivity contribution in [2.75, 3.05) is 13.2 Å². The fourth-order valence-corrected chi connectivity index (χ4v) is 1.02. The minimum Gasteiger partial charge on any atom is -0.481 e. The van der Waals surface area contributed by atoms with Crippen LogP contribution in [-0.2, 0) is 19.1 Å². The van der Waals surface area contributed by atoms with Crippen LogP contribution in [0.2, 0.25) is 0 Å². The minimum atomic E-state index is -4.59. The van der Waals surface area contributed by atoms with Gasteiger partial charge < -0.3 is 20.3 Å². The first-order valence-corrected chi connectivity index (χ1v) is 5.00. The molecule has 0 unspecified atom stereocenters. The standard InChI is InChI=1S/C9H12F3NO6/c10-9(11,12)4-19-3-6(14)13-5(8(17)18)1-2-7(15)16/h5H,1-4H2,(H,13,14)(H,15,16)(H,17,18)/t5-/m0/s1. The van der Waals surface area contributed by atoms with E-state index in [4.69, 9.17) is 10.2 Å². The normalized spacial score (nSPS) is 12.8. The highest BCUT2D eigenvalue weighted by atomic mass is 19.4. The topological polar surface area (TPSA) is 113 Å². The Morgan fingerprint density at radius 3 is 2.21 bits per heavy atom. The summed E-state index contributed by atoms with van der Waals surface area (Å²) in [5.41, 5.74) is 0. The fourth-order valence-electron chi connectivity index (χ4n) is 1.02. The number of carbonyl (C=O) groups is 3. The molecular formula is C9H12F3NO6. The van der Waals surface area contributed by atoms with Gasteiger partial charge in [-0.1, -0.05) is 0 Å². The highest BCUT2D eigenvalue weighted by Crippen LogP contribution is 2.14. The smallest absolute Gasteiger partial charge is 0.411 e. The predicted octanol–water partition coefficient (Wildman–Crippen LogP) is -0.000500. The zero-order valence-electron chi connectivity index (χ0n) is 9.57. The summed E-state index contributed by atoms with van der Waals surface area (Å²) >= 11 is 0. The van der Waals surface area contributed by atoms with E-state index in [1.54, 1.807) is 0 Å². The molecule has 0 aromatic carbocycles. The second-order valence-corrected chi connectivity index (χ2v) is 3.50. The number of carboxylic acid groups (broad SMARTS) is 2. The number of amides is 1. The van der Waals surface area contributed by atoms with E-state index in [2.05, 4.69) is 4.74 Å². The molecule has 10 heteroatoms. The van der Waals surface area contributed by atoms with Gasteiger partial charge >= 0.3 is 18.1 Å². The molecule has 110 valence electrons. The monoisotopic (exact) mass is 287 g/mol. The third-order valence-corrected chi connectivity index (χ3v) is 1.78. The summed E-state index contributed by atoms with van der Waals surface area (Å²) in [5, 5.41) is 18.9. The van der Waals surface area contributed by atoms with Crippen LogP contribution in [0.4, 0.5) is 13.2 Å². The Hall–Kier alpha value is -1.84. The maximum atomic E-state index is 11.7. The Labute approximate surface area is 105 Å². The number of hydrogen-bond donors (Lipinski definition) is 3. The molecule has 0 rings (SSSR count). The summed E-state index contributed by atoms with van der Waals surface area (Å²) in [7, 11) is 0. The Kier molecular flexibility index (Phi) is 6.83. The van der Waals surface area contributed by atoms with Gasteiger partial charge in [0.2, 0.25) is 5.91 Å². The van der Waals surface area contributed by atoms with Crippen LogP contribution in [0.25, 0.3) is 0 Å². The molecule has 0 radical (unpaired) electrons. The summed E-state index contributed by atoms with van der Waals surface area (Å²) in [5.74, 6) is -3.80. The molecule has 3 N–H and O–H groups in total. The van der Waals surface area contributed by atoms with Crippen molar-refractivity contribution in [2.24, 2.45) is 0 Å². The van der Waals surface area contributed by atoms with Crippen molar-refractivity contribution < 1.29 is 42.5 Å². The second kappa shape index (κ2) is 7.56. The molecule has 0 saturated carbocycles. The summed E-state index contributed by atoms with van der Waals surface area (Å²) in [6.07, 6.45) is -5.47. The van der Waals surface area contributed by atoms with E-state index < -0.39 is 49.7 Å². The molecule has 0 saturated heterocycles. The zero-order chi connectivity index (χ0) is 15.1. The molecule has 0 aliphatic rings. The highest BCUT2D eigenvalue weighted by Gasteiger charge is 2.28. The highest BCUT2D eigenvalue weighted by molar-refractivity contribution is 5.84. The van der Waals surface area contributed by atoms with Crippen LogP contribution in [0.3, 0.4) is 0 Å². The van der Waals surface area contributed by atoms with Crippen molar-refractivity contribution in [2.45, 2.75) is 25.1 Å².